The van der Waals surface area contributed by atoms with Gasteiger partial charge in [-0.15, -0.1) is 13.2 Å². The fraction of sp³-hybridized carbons (Fsp3) is 0.250. The Balaban J connectivity index is 1.84. The van der Waals surface area contributed by atoms with E-state index >= 15 is 0 Å². The Hall–Kier alpha value is -4.26. The van der Waals surface area contributed by atoms with Crippen molar-refractivity contribution in [2.45, 2.75) is 19.3 Å². The van der Waals surface area contributed by atoms with Gasteiger partial charge in [-0.3, -0.25) is 18.7 Å². The first-order valence-electron chi connectivity index (χ1n) is 11.1. The number of imidazole rings is 1. The van der Waals surface area contributed by atoms with E-state index in [0.717, 1.165) is 15.2 Å². The molecule has 0 spiro atoms. The third-order valence-corrected chi connectivity index (χ3v) is 5.96. The number of ether oxygens (including phenoxy) is 2. The van der Waals surface area contributed by atoms with Gasteiger partial charge in [0.25, 0.3) is 5.56 Å². The molecular weight excluding hydrogens is 531 g/mol. The maximum absolute atomic E-state index is 13.2. The highest BCUT2D eigenvalue weighted by atomic mass is 35.5. The van der Waals surface area contributed by atoms with Gasteiger partial charge < -0.3 is 14.8 Å². The number of halogens is 4. The number of aromatic nitrogens is 4. The van der Waals surface area contributed by atoms with Crippen LogP contribution in [-0.4, -0.2) is 38.0 Å². The second kappa shape index (κ2) is 10.2. The molecule has 0 aliphatic rings. The van der Waals surface area contributed by atoms with Gasteiger partial charge in [0.05, 0.1) is 0 Å². The van der Waals surface area contributed by atoms with Gasteiger partial charge in [-0.05, 0) is 29.8 Å². The lowest BCUT2D eigenvalue weighted by Crippen LogP contribution is -2.43. The zero-order valence-electron chi connectivity index (χ0n) is 20.3. The highest BCUT2D eigenvalue weighted by molar-refractivity contribution is 6.30. The van der Waals surface area contributed by atoms with Gasteiger partial charge in [0.15, 0.2) is 11.2 Å². The molecule has 0 fully saturated rings. The number of benzene rings is 2. The van der Waals surface area contributed by atoms with Crippen LogP contribution in [0.2, 0.25) is 5.02 Å². The first kappa shape index (κ1) is 26.8. The van der Waals surface area contributed by atoms with E-state index in [2.05, 4.69) is 15.0 Å². The van der Waals surface area contributed by atoms with E-state index in [1.165, 1.54) is 37.8 Å². The predicted octanol–water partition coefficient (Wildman–Crippen LogP) is 3.11. The van der Waals surface area contributed by atoms with Crippen LogP contribution in [0.25, 0.3) is 11.2 Å². The minimum absolute atomic E-state index is 0.0138. The summed E-state index contributed by atoms with van der Waals surface area (Å²) in [6, 6.07) is 10.2. The molecule has 2 heterocycles. The summed E-state index contributed by atoms with van der Waals surface area (Å²) in [6.07, 6.45) is -4.97. The summed E-state index contributed by atoms with van der Waals surface area (Å²) in [5, 5.41) is 2.80. The lowest BCUT2D eigenvalue weighted by molar-refractivity contribution is -0.274. The topological polar surface area (TPSA) is 109 Å². The molecular formula is C24H21ClF3N5O5. The molecule has 0 aliphatic carbocycles. The van der Waals surface area contributed by atoms with Crippen LogP contribution in [0.1, 0.15) is 11.1 Å². The number of hydrogen-bond acceptors (Lipinski definition) is 6. The zero-order valence-corrected chi connectivity index (χ0v) is 21.1. The number of alkyl halides is 3. The number of likely N-dealkylation sites (N-methyl/N-ethyl adjacent to an activating group) is 1. The van der Waals surface area contributed by atoms with Crippen LogP contribution in [0.15, 0.2) is 52.1 Å². The molecule has 0 bridgehead atoms. The van der Waals surface area contributed by atoms with Crippen molar-refractivity contribution in [3.63, 3.8) is 0 Å². The fourth-order valence-corrected chi connectivity index (χ4v) is 3.94. The van der Waals surface area contributed by atoms with Gasteiger partial charge in [0.1, 0.15) is 18.0 Å². The summed E-state index contributed by atoms with van der Waals surface area (Å²) in [4.78, 5) is 41.9. The van der Waals surface area contributed by atoms with Crippen molar-refractivity contribution in [2.24, 2.45) is 14.1 Å². The monoisotopic (exact) mass is 551 g/mol. The molecule has 0 atom stereocenters. The molecule has 2 aromatic carbocycles. The van der Waals surface area contributed by atoms with Crippen LogP contribution in [0.3, 0.4) is 0 Å². The summed E-state index contributed by atoms with van der Waals surface area (Å²) >= 11 is 5.93. The third-order valence-electron chi connectivity index (χ3n) is 5.71. The summed E-state index contributed by atoms with van der Waals surface area (Å²) in [6.45, 7) is -0.513. The number of rotatable bonds is 7. The van der Waals surface area contributed by atoms with Gasteiger partial charge in [-0.2, -0.15) is 4.98 Å². The minimum Gasteiger partial charge on any atom is -0.425 e. The second-order valence-electron chi connectivity index (χ2n) is 8.22. The average molecular weight is 552 g/mol. The maximum atomic E-state index is 13.2. The second-order valence-corrected chi connectivity index (χ2v) is 8.65. The Kier molecular flexibility index (Phi) is 7.22. The molecule has 0 aliphatic heterocycles. The number of hydrogen-bond donors (Lipinski definition) is 1. The lowest BCUT2D eigenvalue weighted by atomic mass is 10.0. The molecule has 0 radical (unpaired) electrons. The molecule has 0 unspecified atom stereocenters. The number of amides is 1. The predicted molar refractivity (Wildman–Crippen MR) is 132 cm³/mol. The molecule has 0 saturated carbocycles. The first-order valence-corrected chi connectivity index (χ1v) is 11.4. The molecule has 200 valence electrons. The SMILES string of the molecule is CNC(=O)Cn1c(=O)c2c(nc(Oc3cccc(OC(F)(F)F)c3Cc3ccc(Cl)cc3)n2C)n(C)c1=O. The number of nitrogens with one attached hydrogen (secondary N) is 1. The van der Waals surface area contributed by atoms with E-state index in [1.54, 1.807) is 24.3 Å². The average Bonchev–Trinajstić information content (AvgIpc) is 3.18. The standard InChI is InChI=1S/C24H21ClF3N5O5/c1-29-18(34)12-33-21(35)19-20(32(3)23(33)36)30-22(31(19)2)37-16-5-4-6-17(38-24(26,27)28)15(16)11-13-7-9-14(25)10-8-13/h4-10H,11-12H2,1-3H3,(H,29,34). The minimum atomic E-state index is -4.96. The molecule has 1 N–H and O–H groups in total. The number of fused-ring (bicyclic) bond motifs is 1. The van der Waals surface area contributed by atoms with Crippen LogP contribution >= 0.6 is 11.6 Å². The number of carbonyl (C=O) groups is 1. The number of nitrogens with zero attached hydrogens (tertiary/aromatic N) is 4. The van der Waals surface area contributed by atoms with Crippen molar-refractivity contribution in [2.75, 3.05) is 7.05 Å². The van der Waals surface area contributed by atoms with Crippen molar-refractivity contribution in [1.82, 2.24) is 24.0 Å². The Labute approximate surface area is 217 Å². The molecule has 38 heavy (non-hydrogen) atoms. The van der Waals surface area contributed by atoms with Gasteiger partial charge in [-0.1, -0.05) is 29.8 Å². The van der Waals surface area contributed by atoms with Crippen molar-refractivity contribution in [3.8, 4) is 17.5 Å². The molecule has 0 saturated heterocycles. The lowest BCUT2D eigenvalue weighted by Gasteiger charge is -2.17. The van der Waals surface area contributed by atoms with Gasteiger partial charge in [0.2, 0.25) is 5.91 Å². The van der Waals surface area contributed by atoms with E-state index in [4.69, 9.17) is 16.3 Å². The number of carbonyl (C=O) groups excluding carboxylic acids is 1. The zero-order chi connectivity index (χ0) is 27.8. The van der Waals surface area contributed by atoms with Gasteiger partial charge in [-0.25, -0.2) is 9.36 Å². The Morgan fingerprint density at radius 3 is 2.34 bits per heavy atom. The number of aryl methyl sites for hydroxylation is 2. The van der Waals surface area contributed by atoms with E-state index in [9.17, 15) is 27.6 Å². The van der Waals surface area contributed by atoms with Gasteiger partial charge >= 0.3 is 18.1 Å². The molecule has 14 heteroatoms. The van der Waals surface area contributed by atoms with Crippen LogP contribution in [-0.2, 0) is 31.9 Å². The van der Waals surface area contributed by atoms with Gasteiger partial charge in [0, 0.05) is 38.1 Å². The smallest absolute Gasteiger partial charge is 0.425 e. The van der Waals surface area contributed by atoms with E-state index < -0.39 is 35.8 Å². The molecule has 4 aromatic rings. The molecule has 2 aromatic heterocycles. The largest absolute Gasteiger partial charge is 0.573 e. The normalized spacial score (nSPS) is 11.6. The highest BCUT2D eigenvalue weighted by Crippen LogP contribution is 2.36. The molecule has 1 amide bonds. The molecule has 10 nitrogen and oxygen atoms in total. The van der Waals surface area contributed by atoms with Crippen molar-refractivity contribution < 1.29 is 27.4 Å². The summed E-state index contributed by atoms with van der Waals surface area (Å²) in [5.41, 5.74) is -0.959. The quantitative estimate of drug-likeness (QED) is 0.378. The summed E-state index contributed by atoms with van der Waals surface area (Å²) in [7, 11) is 4.17. The maximum Gasteiger partial charge on any atom is 0.573 e. The Morgan fingerprint density at radius 1 is 1.05 bits per heavy atom. The van der Waals surface area contributed by atoms with Crippen molar-refractivity contribution >= 4 is 28.7 Å². The van der Waals surface area contributed by atoms with Crippen molar-refractivity contribution in [3.05, 3.63) is 79.5 Å². The summed E-state index contributed by atoms with van der Waals surface area (Å²) in [5.74, 6) is -1.06. The van der Waals surface area contributed by atoms with Crippen LogP contribution in [0.4, 0.5) is 13.2 Å². The highest BCUT2D eigenvalue weighted by Gasteiger charge is 2.33. The first-order chi connectivity index (χ1) is 17.9. The van der Waals surface area contributed by atoms with E-state index in [-0.39, 0.29) is 34.9 Å². The third kappa shape index (κ3) is 5.37. The fourth-order valence-electron chi connectivity index (χ4n) is 3.82. The summed E-state index contributed by atoms with van der Waals surface area (Å²) < 4.78 is 52.7. The molecule has 4 rings (SSSR count). The van der Waals surface area contributed by atoms with Crippen LogP contribution < -0.4 is 26.0 Å². The van der Waals surface area contributed by atoms with Crippen LogP contribution in [0.5, 0.6) is 17.5 Å². The van der Waals surface area contributed by atoms with Crippen LogP contribution in [0, 0.1) is 0 Å². The Morgan fingerprint density at radius 2 is 1.71 bits per heavy atom. The van der Waals surface area contributed by atoms with E-state index in [1.807, 2.05) is 0 Å². The van der Waals surface area contributed by atoms with Crippen molar-refractivity contribution in [1.29, 1.82) is 0 Å². The Bertz CT molecular complexity index is 1640. The van der Waals surface area contributed by atoms with E-state index in [0.29, 0.717) is 10.6 Å².